The molecule has 0 aliphatic carbocycles. The molecule has 0 atom stereocenters. The lowest BCUT2D eigenvalue weighted by Crippen LogP contribution is -2.04. The topological polar surface area (TPSA) is 63.6 Å². The van der Waals surface area contributed by atoms with E-state index in [1.807, 2.05) is 18.2 Å². The van der Waals surface area contributed by atoms with Gasteiger partial charge in [0.2, 0.25) is 5.28 Å². The molecule has 0 bridgehead atoms. The van der Waals surface area contributed by atoms with Crippen molar-refractivity contribution in [2.75, 3.05) is 5.32 Å². The van der Waals surface area contributed by atoms with Crippen molar-refractivity contribution in [3.63, 3.8) is 0 Å². The maximum atomic E-state index is 5.59. The molecule has 0 saturated carbocycles. The predicted molar refractivity (Wildman–Crippen MR) is 56.4 cm³/mol. The lowest BCUT2D eigenvalue weighted by molar-refractivity contribution is 0.948. The van der Waals surface area contributed by atoms with Gasteiger partial charge in [0.25, 0.3) is 0 Å². The van der Waals surface area contributed by atoms with Crippen LogP contribution in [0.3, 0.4) is 0 Å². The van der Waals surface area contributed by atoms with Gasteiger partial charge in [0.1, 0.15) is 5.82 Å². The standard InChI is InChI=1S/C9H8ClN5/c10-9-14-8(6-13-15-9)12-5-7-3-1-2-4-11-7/h1-4,6H,5H2,(H,12,14,15). The zero-order valence-electron chi connectivity index (χ0n) is 7.76. The van der Waals surface area contributed by atoms with Gasteiger partial charge in [0.15, 0.2) is 0 Å². The minimum Gasteiger partial charge on any atom is -0.363 e. The number of hydrogen-bond donors (Lipinski definition) is 1. The molecule has 0 spiro atoms. The van der Waals surface area contributed by atoms with Crippen LogP contribution in [0.4, 0.5) is 5.82 Å². The molecule has 76 valence electrons. The van der Waals surface area contributed by atoms with Crippen LogP contribution in [0.5, 0.6) is 0 Å². The van der Waals surface area contributed by atoms with Gasteiger partial charge in [-0.15, -0.1) is 5.10 Å². The van der Waals surface area contributed by atoms with E-state index < -0.39 is 0 Å². The molecule has 2 rings (SSSR count). The molecule has 0 aliphatic heterocycles. The fourth-order valence-electron chi connectivity index (χ4n) is 1.05. The largest absolute Gasteiger partial charge is 0.363 e. The summed E-state index contributed by atoms with van der Waals surface area (Å²) in [7, 11) is 0. The van der Waals surface area contributed by atoms with Crippen molar-refractivity contribution in [2.24, 2.45) is 0 Å². The van der Waals surface area contributed by atoms with E-state index in [0.717, 1.165) is 5.69 Å². The van der Waals surface area contributed by atoms with Gasteiger partial charge in [0.05, 0.1) is 18.4 Å². The Balaban J connectivity index is 1.99. The van der Waals surface area contributed by atoms with Crippen LogP contribution in [0.1, 0.15) is 5.69 Å². The molecule has 0 aliphatic rings. The summed E-state index contributed by atoms with van der Waals surface area (Å²) in [4.78, 5) is 8.10. The van der Waals surface area contributed by atoms with Gasteiger partial charge < -0.3 is 5.32 Å². The monoisotopic (exact) mass is 221 g/mol. The maximum absolute atomic E-state index is 5.59. The van der Waals surface area contributed by atoms with Gasteiger partial charge in [-0.1, -0.05) is 6.07 Å². The average molecular weight is 222 g/mol. The van der Waals surface area contributed by atoms with E-state index >= 15 is 0 Å². The summed E-state index contributed by atoms with van der Waals surface area (Å²) in [5.41, 5.74) is 0.923. The quantitative estimate of drug-likeness (QED) is 0.852. The summed E-state index contributed by atoms with van der Waals surface area (Å²) < 4.78 is 0. The zero-order valence-corrected chi connectivity index (χ0v) is 8.52. The first-order valence-electron chi connectivity index (χ1n) is 4.33. The number of aromatic nitrogens is 4. The third-order valence-corrected chi connectivity index (χ3v) is 1.87. The van der Waals surface area contributed by atoms with Crippen LogP contribution in [0.15, 0.2) is 30.6 Å². The SMILES string of the molecule is Clc1nncc(NCc2ccccn2)n1. The van der Waals surface area contributed by atoms with Crippen LogP contribution in [0, 0.1) is 0 Å². The fourth-order valence-corrected chi connectivity index (χ4v) is 1.19. The van der Waals surface area contributed by atoms with Gasteiger partial charge in [0, 0.05) is 6.20 Å². The molecule has 0 radical (unpaired) electrons. The summed E-state index contributed by atoms with van der Waals surface area (Å²) in [5, 5.41) is 10.4. The second-order valence-corrected chi connectivity index (χ2v) is 3.12. The van der Waals surface area contributed by atoms with Crippen molar-refractivity contribution in [3.05, 3.63) is 41.6 Å². The Morgan fingerprint density at radius 3 is 3.00 bits per heavy atom. The van der Waals surface area contributed by atoms with Crippen molar-refractivity contribution in [3.8, 4) is 0 Å². The van der Waals surface area contributed by atoms with Crippen molar-refractivity contribution in [1.82, 2.24) is 20.2 Å². The van der Waals surface area contributed by atoms with Crippen molar-refractivity contribution in [2.45, 2.75) is 6.54 Å². The van der Waals surface area contributed by atoms with Crippen molar-refractivity contribution in [1.29, 1.82) is 0 Å². The number of halogens is 1. The minimum atomic E-state index is 0.126. The Bertz CT molecular complexity index is 434. The van der Waals surface area contributed by atoms with E-state index in [0.29, 0.717) is 12.4 Å². The summed E-state index contributed by atoms with van der Waals surface area (Å²) in [6.07, 6.45) is 3.25. The molecular formula is C9H8ClN5. The van der Waals surface area contributed by atoms with E-state index in [2.05, 4.69) is 25.5 Å². The first-order chi connectivity index (χ1) is 7.34. The van der Waals surface area contributed by atoms with Crippen LogP contribution >= 0.6 is 11.6 Å². The molecule has 15 heavy (non-hydrogen) atoms. The van der Waals surface area contributed by atoms with Crippen molar-refractivity contribution < 1.29 is 0 Å². The Morgan fingerprint density at radius 2 is 2.27 bits per heavy atom. The van der Waals surface area contributed by atoms with E-state index in [1.165, 1.54) is 6.20 Å². The molecule has 0 fully saturated rings. The van der Waals surface area contributed by atoms with Crippen LogP contribution in [0.2, 0.25) is 5.28 Å². The minimum absolute atomic E-state index is 0.126. The summed E-state index contributed by atoms with van der Waals surface area (Å²) in [5.74, 6) is 0.584. The van der Waals surface area contributed by atoms with E-state index in [9.17, 15) is 0 Å². The molecule has 6 heteroatoms. The van der Waals surface area contributed by atoms with E-state index in [1.54, 1.807) is 6.20 Å². The normalized spacial score (nSPS) is 9.93. The Labute approximate surface area is 91.6 Å². The smallest absolute Gasteiger partial charge is 0.244 e. The highest BCUT2D eigenvalue weighted by Crippen LogP contribution is 2.05. The van der Waals surface area contributed by atoms with E-state index in [-0.39, 0.29) is 5.28 Å². The molecule has 1 N–H and O–H groups in total. The Kier molecular flexibility index (Phi) is 3.04. The Hall–Kier alpha value is -1.75. The zero-order chi connectivity index (χ0) is 10.5. The number of anilines is 1. The van der Waals surface area contributed by atoms with Crippen molar-refractivity contribution >= 4 is 17.4 Å². The second-order valence-electron chi connectivity index (χ2n) is 2.79. The van der Waals surface area contributed by atoms with Gasteiger partial charge in [-0.2, -0.15) is 10.1 Å². The predicted octanol–water partition coefficient (Wildman–Crippen LogP) is 1.53. The highest BCUT2D eigenvalue weighted by Gasteiger charge is 1.97. The molecule has 2 aromatic rings. The molecule has 0 saturated heterocycles. The lowest BCUT2D eigenvalue weighted by atomic mass is 10.3. The first-order valence-corrected chi connectivity index (χ1v) is 4.71. The second kappa shape index (κ2) is 4.65. The highest BCUT2D eigenvalue weighted by atomic mass is 35.5. The first kappa shape index (κ1) is 9.79. The molecule has 0 aromatic carbocycles. The van der Waals surface area contributed by atoms with E-state index in [4.69, 9.17) is 11.6 Å². The third kappa shape index (κ3) is 2.85. The number of nitrogens with one attached hydrogen (secondary N) is 1. The number of nitrogens with zero attached hydrogens (tertiary/aromatic N) is 4. The molecule has 0 unspecified atom stereocenters. The van der Waals surface area contributed by atoms with Gasteiger partial charge in [-0.25, -0.2) is 0 Å². The molecule has 5 nitrogen and oxygen atoms in total. The highest BCUT2D eigenvalue weighted by molar-refractivity contribution is 6.28. The molecule has 0 amide bonds. The molecule has 2 heterocycles. The summed E-state index contributed by atoms with van der Waals surface area (Å²) in [6.45, 7) is 0.579. The number of hydrogen-bond acceptors (Lipinski definition) is 5. The van der Waals surface area contributed by atoms with Gasteiger partial charge in [-0.05, 0) is 23.7 Å². The number of pyridine rings is 1. The number of rotatable bonds is 3. The third-order valence-electron chi connectivity index (χ3n) is 1.71. The molecule has 2 aromatic heterocycles. The molecular weight excluding hydrogens is 214 g/mol. The fraction of sp³-hybridized carbons (Fsp3) is 0.111. The summed E-state index contributed by atoms with van der Waals surface area (Å²) >= 11 is 5.59. The van der Waals surface area contributed by atoms with Crippen LogP contribution in [-0.4, -0.2) is 20.2 Å². The average Bonchev–Trinajstić information content (AvgIpc) is 2.28. The van der Waals surface area contributed by atoms with Gasteiger partial charge in [-0.3, -0.25) is 4.98 Å². The lowest BCUT2D eigenvalue weighted by Gasteiger charge is -2.03. The van der Waals surface area contributed by atoms with Gasteiger partial charge >= 0.3 is 0 Å². The van der Waals surface area contributed by atoms with Crippen LogP contribution in [-0.2, 0) is 6.54 Å². The maximum Gasteiger partial charge on any atom is 0.244 e. The van der Waals surface area contributed by atoms with Crippen LogP contribution in [0.25, 0.3) is 0 Å². The summed E-state index contributed by atoms with van der Waals surface area (Å²) in [6, 6.07) is 5.71. The Morgan fingerprint density at radius 1 is 1.33 bits per heavy atom. The van der Waals surface area contributed by atoms with Crippen LogP contribution < -0.4 is 5.32 Å².